The summed E-state index contributed by atoms with van der Waals surface area (Å²) in [5.41, 5.74) is 5.67. The lowest BCUT2D eigenvalue weighted by atomic mass is 9.92. The Morgan fingerprint density at radius 2 is 1.79 bits per heavy atom. The van der Waals surface area contributed by atoms with Crippen molar-refractivity contribution in [2.24, 2.45) is 0 Å². The maximum atomic E-state index is 12.2. The molecule has 0 atom stereocenters. The summed E-state index contributed by atoms with van der Waals surface area (Å²) in [5.74, 6) is -0.269. The van der Waals surface area contributed by atoms with Gasteiger partial charge in [0.05, 0.1) is 24.7 Å². The van der Waals surface area contributed by atoms with Gasteiger partial charge in [-0.25, -0.2) is 9.68 Å². The van der Waals surface area contributed by atoms with Gasteiger partial charge >= 0.3 is 5.97 Å². The van der Waals surface area contributed by atoms with Gasteiger partial charge in [-0.2, -0.15) is 4.33 Å². The predicted molar refractivity (Wildman–Crippen MR) is 94.1 cm³/mol. The minimum atomic E-state index is -0.269. The normalized spacial score (nSPS) is 14.2. The standard InChI is InChI=1S/C19H18O4S/c1-12-13(2)17(24-23-21-3)10-9-15(12)16-11-22-19(20)18(16)14-7-5-4-6-8-14/h4-10H,11H2,1-3H3. The Labute approximate surface area is 145 Å². The van der Waals surface area contributed by atoms with Crippen molar-refractivity contribution in [1.29, 1.82) is 0 Å². The minimum absolute atomic E-state index is 0.269. The third-order valence-corrected chi connectivity index (χ3v) is 5.00. The van der Waals surface area contributed by atoms with Crippen molar-refractivity contribution in [2.45, 2.75) is 18.7 Å². The van der Waals surface area contributed by atoms with Crippen molar-refractivity contribution in [1.82, 2.24) is 0 Å². The number of cyclic esters (lactones) is 1. The van der Waals surface area contributed by atoms with Gasteiger partial charge < -0.3 is 4.74 Å². The summed E-state index contributed by atoms with van der Waals surface area (Å²) in [4.78, 5) is 17.9. The van der Waals surface area contributed by atoms with Crippen LogP contribution in [0.15, 0.2) is 47.4 Å². The van der Waals surface area contributed by atoms with Gasteiger partial charge in [0.15, 0.2) is 0 Å². The van der Waals surface area contributed by atoms with E-state index in [1.54, 1.807) is 0 Å². The minimum Gasteiger partial charge on any atom is -0.457 e. The first-order chi connectivity index (χ1) is 11.6. The number of hydrogen-bond donors (Lipinski definition) is 0. The Balaban J connectivity index is 2.08. The largest absolute Gasteiger partial charge is 0.457 e. The smallest absolute Gasteiger partial charge is 0.339 e. The number of rotatable bonds is 5. The van der Waals surface area contributed by atoms with E-state index in [4.69, 9.17) is 9.07 Å². The van der Waals surface area contributed by atoms with Crippen LogP contribution in [0.3, 0.4) is 0 Å². The molecule has 1 heterocycles. The first-order valence-electron chi connectivity index (χ1n) is 7.57. The summed E-state index contributed by atoms with van der Waals surface area (Å²) in [5, 5.41) is 0. The summed E-state index contributed by atoms with van der Waals surface area (Å²) in [6, 6.07) is 13.6. The van der Waals surface area contributed by atoms with Crippen molar-refractivity contribution in [3.8, 4) is 0 Å². The summed E-state index contributed by atoms with van der Waals surface area (Å²) >= 11 is 1.17. The molecule has 0 aliphatic carbocycles. The van der Waals surface area contributed by atoms with Crippen molar-refractivity contribution < 1.29 is 18.8 Å². The quantitative estimate of drug-likeness (QED) is 0.350. The lowest BCUT2D eigenvalue weighted by molar-refractivity contribution is -0.160. The van der Waals surface area contributed by atoms with E-state index in [1.807, 2.05) is 56.3 Å². The first kappa shape index (κ1) is 16.8. The van der Waals surface area contributed by atoms with E-state index in [9.17, 15) is 4.79 Å². The van der Waals surface area contributed by atoms with Gasteiger partial charge in [-0.15, -0.1) is 0 Å². The van der Waals surface area contributed by atoms with Crippen LogP contribution in [-0.4, -0.2) is 19.7 Å². The van der Waals surface area contributed by atoms with E-state index >= 15 is 0 Å². The van der Waals surface area contributed by atoms with Crippen LogP contribution >= 0.6 is 12.0 Å². The predicted octanol–water partition coefficient (Wildman–Crippen LogP) is 4.36. The molecule has 0 bridgehead atoms. The molecule has 124 valence electrons. The molecule has 2 aromatic rings. The van der Waals surface area contributed by atoms with E-state index in [-0.39, 0.29) is 5.97 Å². The van der Waals surface area contributed by atoms with Gasteiger partial charge in [0.1, 0.15) is 6.61 Å². The second-order valence-electron chi connectivity index (χ2n) is 5.48. The Bertz CT molecular complexity index is 797. The molecule has 5 heteroatoms. The van der Waals surface area contributed by atoms with E-state index in [1.165, 1.54) is 19.2 Å². The van der Waals surface area contributed by atoms with Gasteiger partial charge in [0, 0.05) is 10.5 Å². The molecule has 2 aromatic carbocycles. The highest BCUT2D eigenvalue weighted by Gasteiger charge is 2.28. The van der Waals surface area contributed by atoms with Crippen molar-refractivity contribution >= 4 is 29.2 Å². The second-order valence-corrected chi connectivity index (χ2v) is 6.22. The number of hydrogen-bond acceptors (Lipinski definition) is 5. The Morgan fingerprint density at radius 3 is 2.50 bits per heavy atom. The topological polar surface area (TPSA) is 44.8 Å². The maximum Gasteiger partial charge on any atom is 0.339 e. The lowest BCUT2D eigenvalue weighted by Gasteiger charge is -2.13. The fourth-order valence-corrected chi connectivity index (χ4v) is 3.34. The molecule has 1 aliphatic heterocycles. The van der Waals surface area contributed by atoms with Crippen LogP contribution in [0.5, 0.6) is 0 Å². The van der Waals surface area contributed by atoms with Crippen LogP contribution in [0.2, 0.25) is 0 Å². The van der Waals surface area contributed by atoms with E-state index in [0.29, 0.717) is 12.2 Å². The Hall–Kier alpha value is -2.08. The molecule has 0 radical (unpaired) electrons. The number of benzene rings is 2. The fraction of sp³-hybridized carbons (Fsp3) is 0.211. The molecule has 3 rings (SSSR count). The third kappa shape index (κ3) is 3.11. The zero-order chi connectivity index (χ0) is 17.1. The average Bonchev–Trinajstić information content (AvgIpc) is 2.98. The molecule has 4 nitrogen and oxygen atoms in total. The Kier molecular flexibility index (Phi) is 5.04. The number of carbonyl (C=O) groups excluding carboxylic acids is 1. The van der Waals surface area contributed by atoms with E-state index in [2.05, 4.69) is 4.89 Å². The highest BCUT2D eigenvalue weighted by Crippen LogP contribution is 2.37. The second kappa shape index (κ2) is 7.21. The summed E-state index contributed by atoms with van der Waals surface area (Å²) in [7, 11) is 1.47. The molecule has 0 amide bonds. The van der Waals surface area contributed by atoms with E-state index in [0.717, 1.165) is 32.7 Å². The molecule has 0 saturated carbocycles. The van der Waals surface area contributed by atoms with Crippen LogP contribution in [-0.2, 0) is 18.8 Å². The van der Waals surface area contributed by atoms with Crippen LogP contribution in [0.25, 0.3) is 11.1 Å². The van der Waals surface area contributed by atoms with Crippen LogP contribution in [0.4, 0.5) is 0 Å². The van der Waals surface area contributed by atoms with E-state index < -0.39 is 0 Å². The molecule has 24 heavy (non-hydrogen) atoms. The zero-order valence-corrected chi connectivity index (χ0v) is 14.6. The highest BCUT2D eigenvalue weighted by atomic mass is 32.2. The molecule has 0 saturated heterocycles. The van der Waals surface area contributed by atoms with Crippen molar-refractivity contribution in [2.75, 3.05) is 13.7 Å². The number of esters is 1. The number of ether oxygens (including phenoxy) is 1. The fourth-order valence-electron chi connectivity index (χ4n) is 2.80. The van der Waals surface area contributed by atoms with Crippen LogP contribution < -0.4 is 0 Å². The third-order valence-electron chi connectivity index (χ3n) is 4.17. The Morgan fingerprint density at radius 1 is 1.04 bits per heavy atom. The van der Waals surface area contributed by atoms with Crippen molar-refractivity contribution in [3.63, 3.8) is 0 Å². The van der Waals surface area contributed by atoms with Gasteiger partial charge in [-0.1, -0.05) is 36.4 Å². The lowest BCUT2D eigenvalue weighted by Crippen LogP contribution is -1.98. The van der Waals surface area contributed by atoms with Gasteiger partial charge in [-0.3, -0.25) is 0 Å². The molecular weight excluding hydrogens is 324 g/mol. The summed E-state index contributed by atoms with van der Waals surface area (Å²) in [6.07, 6.45) is 0. The molecule has 0 fully saturated rings. The highest BCUT2D eigenvalue weighted by molar-refractivity contribution is 7.94. The zero-order valence-electron chi connectivity index (χ0n) is 13.8. The molecule has 0 unspecified atom stereocenters. The maximum absolute atomic E-state index is 12.2. The van der Waals surface area contributed by atoms with Crippen LogP contribution in [0, 0.1) is 13.8 Å². The first-order valence-corrected chi connectivity index (χ1v) is 8.31. The molecule has 0 spiro atoms. The average molecular weight is 342 g/mol. The van der Waals surface area contributed by atoms with Gasteiger partial charge in [-0.05, 0) is 42.2 Å². The molecule has 0 N–H and O–H groups in total. The molecular formula is C19H18O4S. The van der Waals surface area contributed by atoms with Crippen LogP contribution in [0.1, 0.15) is 22.3 Å². The monoisotopic (exact) mass is 342 g/mol. The number of carbonyl (C=O) groups is 1. The van der Waals surface area contributed by atoms with Crippen molar-refractivity contribution in [3.05, 3.63) is 64.7 Å². The van der Waals surface area contributed by atoms with Gasteiger partial charge in [0.25, 0.3) is 0 Å². The molecule has 0 aromatic heterocycles. The SMILES string of the molecule is COOSc1ccc(C2=C(c3ccccc3)C(=O)OC2)c(C)c1C. The summed E-state index contributed by atoms with van der Waals surface area (Å²) in [6.45, 7) is 4.37. The molecule has 1 aliphatic rings. The van der Waals surface area contributed by atoms with Gasteiger partial charge in [0.2, 0.25) is 0 Å². The summed E-state index contributed by atoms with van der Waals surface area (Å²) < 4.78 is 10.3.